The highest BCUT2D eigenvalue weighted by molar-refractivity contribution is 6.32. The van der Waals surface area contributed by atoms with Crippen LogP contribution in [0.3, 0.4) is 0 Å². The normalized spacial score (nSPS) is 12.0. The van der Waals surface area contributed by atoms with Crippen LogP contribution in [0.15, 0.2) is 35.3 Å². The van der Waals surface area contributed by atoms with Gasteiger partial charge in [0.15, 0.2) is 0 Å². The molecule has 1 N–H and O–H groups in total. The average Bonchev–Trinajstić information content (AvgIpc) is 2.57. The summed E-state index contributed by atoms with van der Waals surface area (Å²) in [5.41, 5.74) is 0.257. The molecule has 0 fully saturated rings. The van der Waals surface area contributed by atoms with Crippen molar-refractivity contribution >= 4 is 23.0 Å². The van der Waals surface area contributed by atoms with Crippen LogP contribution >= 0.6 is 11.6 Å². The number of rotatable bonds is 7. The van der Waals surface area contributed by atoms with Gasteiger partial charge in [-0.1, -0.05) is 11.6 Å². The van der Waals surface area contributed by atoms with Crippen LogP contribution in [0.2, 0.25) is 5.02 Å². The lowest BCUT2D eigenvalue weighted by Gasteiger charge is -2.16. The predicted octanol–water partition coefficient (Wildman–Crippen LogP) is 2.63. The van der Waals surface area contributed by atoms with Gasteiger partial charge in [0.25, 0.3) is 11.2 Å². The van der Waals surface area contributed by atoms with Gasteiger partial charge in [0.05, 0.1) is 22.5 Å². The minimum atomic E-state index is -0.513. The van der Waals surface area contributed by atoms with Crippen molar-refractivity contribution in [2.24, 2.45) is 0 Å². The summed E-state index contributed by atoms with van der Waals surface area (Å²) in [7, 11) is 1.62. The Balaban J connectivity index is 2.26. The Labute approximate surface area is 143 Å². The van der Waals surface area contributed by atoms with Crippen LogP contribution in [0.1, 0.15) is 13.3 Å². The number of hydrogen-bond donors (Lipinski definition) is 1. The monoisotopic (exact) mass is 352 g/mol. The Hall–Kier alpha value is -2.45. The molecule has 0 amide bonds. The fourth-order valence-electron chi connectivity index (χ4n) is 2.07. The molecule has 8 nitrogen and oxygen atoms in total. The summed E-state index contributed by atoms with van der Waals surface area (Å²) in [6.07, 6.45) is 2.20. The minimum Gasteiger partial charge on any atom is -0.385 e. The number of hydrogen-bond acceptors (Lipinski definition) is 6. The molecule has 1 atom stereocenters. The average molecular weight is 353 g/mol. The van der Waals surface area contributed by atoms with E-state index in [2.05, 4.69) is 10.4 Å². The van der Waals surface area contributed by atoms with Crippen LogP contribution < -0.4 is 10.9 Å². The minimum absolute atomic E-state index is 0.00706. The van der Waals surface area contributed by atoms with E-state index in [1.807, 2.05) is 6.92 Å². The van der Waals surface area contributed by atoms with Crippen molar-refractivity contribution in [3.8, 4) is 5.69 Å². The molecular formula is C15H17ClN4O4. The van der Waals surface area contributed by atoms with Crippen molar-refractivity contribution in [2.75, 3.05) is 19.0 Å². The molecule has 0 aliphatic carbocycles. The highest BCUT2D eigenvalue weighted by atomic mass is 35.5. The van der Waals surface area contributed by atoms with E-state index < -0.39 is 10.5 Å². The highest BCUT2D eigenvalue weighted by Gasteiger charge is 2.13. The molecule has 0 spiro atoms. The molecule has 1 heterocycles. The van der Waals surface area contributed by atoms with E-state index in [4.69, 9.17) is 16.3 Å². The molecule has 2 aromatic rings. The number of anilines is 1. The van der Waals surface area contributed by atoms with Crippen LogP contribution in [-0.4, -0.2) is 34.5 Å². The molecule has 0 aliphatic rings. The summed E-state index contributed by atoms with van der Waals surface area (Å²) < 4.78 is 6.10. The number of ether oxygens (including phenoxy) is 1. The van der Waals surface area contributed by atoms with Crippen molar-refractivity contribution in [3.05, 3.63) is 56.0 Å². The Morgan fingerprint density at radius 2 is 2.08 bits per heavy atom. The third-order valence-corrected chi connectivity index (χ3v) is 3.75. The van der Waals surface area contributed by atoms with E-state index in [1.54, 1.807) is 7.11 Å². The zero-order chi connectivity index (χ0) is 17.7. The molecular weight excluding hydrogens is 336 g/mol. The molecule has 1 aromatic heterocycles. The number of aromatic nitrogens is 2. The van der Waals surface area contributed by atoms with Crippen molar-refractivity contribution in [1.82, 2.24) is 9.78 Å². The lowest BCUT2D eigenvalue weighted by molar-refractivity contribution is -0.384. The number of nitro benzene ring substituents is 1. The van der Waals surface area contributed by atoms with Crippen LogP contribution in [0.25, 0.3) is 5.69 Å². The quantitative estimate of drug-likeness (QED) is 0.607. The summed E-state index contributed by atoms with van der Waals surface area (Å²) in [5, 5.41) is 17.9. The number of halogens is 1. The van der Waals surface area contributed by atoms with Gasteiger partial charge in [-0.3, -0.25) is 14.9 Å². The third-order valence-electron chi connectivity index (χ3n) is 3.38. The molecule has 9 heteroatoms. The third kappa shape index (κ3) is 4.09. The lowest BCUT2D eigenvalue weighted by atomic mass is 10.2. The van der Waals surface area contributed by atoms with Gasteiger partial charge in [0.2, 0.25) is 0 Å². The van der Waals surface area contributed by atoms with E-state index in [9.17, 15) is 14.9 Å². The van der Waals surface area contributed by atoms with Gasteiger partial charge in [-0.05, 0) is 25.5 Å². The van der Waals surface area contributed by atoms with E-state index >= 15 is 0 Å². The van der Waals surface area contributed by atoms with Crippen LogP contribution in [0.4, 0.5) is 11.4 Å². The van der Waals surface area contributed by atoms with Crippen LogP contribution in [0.5, 0.6) is 0 Å². The van der Waals surface area contributed by atoms with Crippen molar-refractivity contribution in [2.45, 2.75) is 19.4 Å². The fraction of sp³-hybridized carbons (Fsp3) is 0.333. The molecule has 128 valence electrons. The standard InChI is InChI=1S/C15H17ClN4O4/c1-10(7-8-24-2)18-13-9-17-19(15(21)14(13)16)11-3-5-12(6-4-11)20(22)23/h3-6,9-10,18H,7-8H2,1-2H3. The zero-order valence-corrected chi connectivity index (χ0v) is 14.0. The molecule has 1 aromatic carbocycles. The van der Waals surface area contributed by atoms with Crippen molar-refractivity contribution < 1.29 is 9.66 Å². The van der Waals surface area contributed by atoms with Gasteiger partial charge >= 0.3 is 0 Å². The molecule has 0 saturated heterocycles. The first-order chi connectivity index (χ1) is 11.4. The fourth-order valence-corrected chi connectivity index (χ4v) is 2.25. The summed E-state index contributed by atoms with van der Waals surface area (Å²) in [6.45, 7) is 2.52. The van der Waals surface area contributed by atoms with Gasteiger partial charge in [-0.15, -0.1) is 0 Å². The number of methoxy groups -OCH3 is 1. The van der Waals surface area contributed by atoms with Crippen molar-refractivity contribution in [1.29, 1.82) is 0 Å². The Kier molecular flexibility index (Phi) is 5.88. The number of nitro groups is 1. The zero-order valence-electron chi connectivity index (χ0n) is 13.2. The summed E-state index contributed by atoms with van der Waals surface area (Å²) >= 11 is 6.13. The van der Waals surface area contributed by atoms with E-state index in [-0.39, 0.29) is 16.8 Å². The number of nitrogens with zero attached hydrogens (tertiary/aromatic N) is 3. The second-order valence-electron chi connectivity index (χ2n) is 5.19. The molecule has 1 unspecified atom stereocenters. The number of non-ortho nitro benzene ring substituents is 1. The molecule has 0 radical (unpaired) electrons. The van der Waals surface area contributed by atoms with E-state index in [0.29, 0.717) is 18.0 Å². The molecule has 2 rings (SSSR count). The summed E-state index contributed by atoms with van der Waals surface area (Å²) in [5.74, 6) is 0. The van der Waals surface area contributed by atoms with E-state index in [0.717, 1.165) is 11.1 Å². The van der Waals surface area contributed by atoms with Gasteiger partial charge in [0.1, 0.15) is 5.02 Å². The highest BCUT2D eigenvalue weighted by Crippen LogP contribution is 2.19. The number of benzene rings is 1. The van der Waals surface area contributed by atoms with Crippen LogP contribution in [-0.2, 0) is 4.74 Å². The first kappa shape index (κ1) is 17.9. The maximum Gasteiger partial charge on any atom is 0.292 e. The number of nitrogens with one attached hydrogen (secondary N) is 1. The summed E-state index contributed by atoms with van der Waals surface area (Å²) in [6, 6.07) is 5.54. The first-order valence-electron chi connectivity index (χ1n) is 7.22. The lowest BCUT2D eigenvalue weighted by Crippen LogP contribution is -2.25. The van der Waals surface area contributed by atoms with Gasteiger partial charge in [-0.2, -0.15) is 9.78 Å². The molecule has 0 aliphatic heterocycles. The Bertz CT molecular complexity index is 776. The second-order valence-corrected chi connectivity index (χ2v) is 5.57. The largest absolute Gasteiger partial charge is 0.385 e. The van der Waals surface area contributed by atoms with E-state index in [1.165, 1.54) is 30.5 Å². The SMILES string of the molecule is COCCC(C)Nc1cnn(-c2ccc([N+](=O)[O-])cc2)c(=O)c1Cl. The first-order valence-corrected chi connectivity index (χ1v) is 7.60. The van der Waals surface area contributed by atoms with Gasteiger partial charge in [-0.25, -0.2) is 0 Å². The smallest absolute Gasteiger partial charge is 0.292 e. The predicted molar refractivity (Wildman–Crippen MR) is 91.1 cm³/mol. The molecule has 24 heavy (non-hydrogen) atoms. The maximum atomic E-state index is 12.4. The van der Waals surface area contributed by atoms with Crippen molar-refractivity contribution in [3.63, 3.8) is 0 Å². The van der Waals surface area contributed by atoms with Gasteiger partial charge < -0.3 is 10.1 Å². The molecule has 0 saturated carbocycles. The van der Waals surface area contributed by atoms with Gasteiger partial charge in [0, 0.05) is 31.9 Å². The maximum absolute atomic E-state index is 12.4. The Morgan fingerprint density at radius 1 is 1.42 bits per heavy atom. The second kappa shape index (κ2) is 7.89. The molecule has 0 bridgehead atoms. The Morgan fingerprint density at radius 3 is 2.67 bits per heavy atom. The summed E-state index contributed by atoms with van der Waals surface area (Å²) in [4.78, 5) is 22.5. The topological polar surface area (TPSA) is 99.3 Å². The van der Waals surface area contributed by atoms with Crippen LogP contribution in [0, 0.1) is 10.1 Å².